The fourth-order valence-electron chi connectivity index (χ4n) is 1.68. The number of phenols is 1. The summed E-state index contributed by atoms with van der Waals surface area (Å²) in [7, 11) is 0. The van der Waals surface area contributed by atoms with Crippen molar-refractivity contribution in [2.75, 3.05) is 0 Å². The van der Waals surface area contributed by atoms with Crippen LogP contribution in [0.5, 0.6) is 5.75 Å². The topological polar surface area (TPSA) is 20.2 Å². The molecule has 0 atom stereocenters. The summed E-state index contributed by atoms with van der Waals surface area (Å²) in [6.07, 6.45) is 5.05. The van der Waals surface area contributed by atoms with Crippen LogP contribution in [-0.4, -0.2) is 5.11 Å². The second kappa shape index (κ2) is 5.35. The molecule has 0 amide bonds. The number of rotatable bonds is 3. The van der Waals surface area contributed by atoms with E-state index in [2.05, 4.69) is 37.3 Å². The fraction of sp³-hybridized carbons (Fsp3) is 0.125. The van der Waals surface area contributed by atoms with E-state index in [1.54, 1.807) is 12.1 Å². The van der Waals surface area contributed by atoms with E-state index >= 15 is 0 Å². The Kier molecular flexibility index (Phi) is 3.61. The maximum absolute atomic E-state index is 9.33. The Bertz CT molecular complexity index is 509. The molecule has 86 valence electrons. The third-order valence-electron chi connectivity index (χ3n) is 2.65. The largest absolute Gasteiger partial charge is 0.508 e. The van der Waals surface area contributed by atoms with E-state index in [1.165, 1.54) is 11.1 Å². The van der Waals surface area contributed by atoms with Gasteiger partial charge in [0.05, 0.1) is 0 Å². The summed E-state index contributed by atoms with van der Waals surface area (Å²) in [5.41, 5.74) is 3.61. The van der Waals surface area contributed by atoms with E-state index in [-0.39, 0.29) is 0 Å². The maximum Gasteiger partial charge on any atom is 0.116 e. The first-order valence-electron chi connectivity index (χ1n) is 5.75. The summed E-state index contributed by atoms with van der Waals surface area (Å²) >= 11 is 0. The zero-order chi connectivity index (χ0) is 12.1. The highest BCUT2D eigenvalue weighted by Gasteiger charge is 1.91. The van der Waals surface area contributed by atoms with Crippen molar-refractivity contribution in [3.8, 4) is 5.75 Å². The van der Waals surface area contributed by atoms with Crippen molar-refractivity contribution >= 4 is 6.08 Å². The van der Waals surface area contributed by atoms with Crippen molar-refractivity contribution in [1.29, 1.82) is 0 Å². The molecular formula is C16H16O. The monoisotopic (exact) mass is 224 g/mol. The van der Waals surface area contributed by atoms with Crippen LogP contribution < -0.4 is 0 Å². The van der Waals surface area contributed by atoms with Gasteiger partial charge in [-0.15, -0.1) is 0 Å². The number of allylic oxidation sites excluding steroid dienone is 1. The minimum absolute atomic E-state index is 0.308. The number of hydrogen-bond acceptors (Lipinski definition) is 1. The molecule has 0 bridgehead atoms. The quantitative estimate of drug-likeness (QED) is 0.836. The standard InChI is InChI=1S/C16H16O/c1-13-8-10-14(11-9-13)4-2-5-15-6-3-7-16(17)12-15/h2-3,5-12,17H,4H2,1H3/b5-2+. The maximum atomic E-state index is 9.33. The Hall–Kier alpha value is -2.02. The smallest absolute Gasteiger partial charge is 0.116 e. The van der Waals surface area contributed by atoms with Crippen LogP contribution in [0.1, 0.15) is 16.7 Å². The molecule has 0 saturated heterocycles. The van der Waals surface area contributed by atoms with Gasteiger partial charge in [-0.1, -0.05) is 54.1 Å². The Labute approximate surface area is 102 Å². The molecule has 17 heavy (non-hydrogen) atoms. The molecule has 0 spiro atoms. The minimum atomic E-state index is 0.308. The molecule has 2 aromatic carbocycles. The highest BCUT2D eigenvalue weighted by atomic mass is 16.3. The Morgan fingerprint density at radius 1 is 1.06 bits per heavy atom. The minimum Gasteiger partial charge on any atom is -0.508 e. The summed E-state index contributed by atoms with van der Waals surface area (Å²) in [6.45, 7) is 2.09. The van der Waals surface area contributed by atoms with E-state index in [1.807, 2.05) is 18.2 Å². The predicted molar refractivity (Wildman–Crippen MR) is 72.0 cm³/mol. The normalized spacial score (nSPS) is 10.9. The molecule has 0 aliphatic carbocycles. The molecule has 1 heteroatoms. The van der Waals surface area contributed by atoms with Crippen molar-refractivity contribution in [2.45, 2.75) is 13.3 Å². The zero-order valence-electron chi connectivity index (χ0n) is 9.93. The molecule has 0 heterocycles. The highest BCUT2D eigenvalue weighted by molar-refractivity contribution is 5.51. The van der Waals surface area contributed by atoms with Gasteiger partial charge in [0.25, 0.3) is 0 Å². The lowest BCUT2D eigenvalue weighted by molar-refractivity contribution is 0.475. The zero-order valence-corrected chi connectivity index (χ0v) is 9.93. The van der Waals surface area contributed by atoms with E-state index in [4.69, 9.17) is 0 Å². The van der Waals surface area contributed by atoms with Gasteiger partial charge in [0.1, 0.15) is 5.75 Å². The molecule has 1 N–H and O–H groups in total. The van der Waals surface area contributed by atoms with Crippen LogP contribution >= 0.6 is 0 Å². The second-order valence-corrected chi connectivity index (χ2v) is 4.19. The Morgan fingerprint density at radius 3 is 2.53 bits per heavy atom. The highest BCUT2D eigenvalue weighted by Crippen LogP contribution is 2.12. The Balaban J connectivity index is 2.00. The number of hydrogen-bond donors (Lipinski definition) is 1. The summed E-state index contributed by atoms with van der Waals surface area (Å²) in [6, 6.07) is 15.8. The Morgan fingerprint density at radius 2 is 1.82 bits per heavy atom. The lowest BCUT2D eigenvalue weighted by Crippen LogP contribution is -1.81. The molecule has 0 unspecified atom stereocenters. The van der Waals surface area contributed by atoms with Crippen LogP contribution in [0, 0.1) is 6.92 Å². The third kappa shape index (κ3) is 3.49. The molecule has 0 radical (unpaired) electrons. The lowest BCUT2D eigenvalue weighted by atomic mass is 10.1. The molecule has 0 aromatic heterocycles. The average molecular weight is 224 g/mol. The number of phenolic OH excluding ortho intramolecular Hbond substituents is 1. The molecule has 2 aromatic rings. The van der Waals surface area contributed by atoms with Gasteiger partial charge in [-0.3, -0.25) is 0 Å². The van der Waals surface area contributed by atoms with Crippen LogP contribution in [0.4, 0.5) is 0 Å². The van der Waals surface area contributed by atoms with Gasteiger partial charge in [-0.05, 0) is 36.6 Å². The van der Waals surface area contributed by atoms with Gasteiger partial charge < -0.3 is 5.11 Å². The van der Waals surface area contributed by atoms with Gasteiger partial charge in [0.15, 0.2) is 0 Å². The molecule has 1 nitrogen and oxygen atoms in total. The predicted octanol–water partition coefficient (Wildman–Crippen LogP) is 3.96. The molecule has 0 fully saturated rings. The number of benzene rings is 2. The SMILES string of the molecule is Cc1ccc(C/C=C/c2cccc(O)c2)cc1. The number of aryl methyl sites for hydroxylation is 1. The van der Waals surface area contributed by atoms with Crippen molar-refractivity contribution in [1.82, 2.24) is 0 Å². The van der Waals surface area contributed by atoms with Crippen molar-refractivity contribution in [2.24, 2.45) is 0 Å². The van der Waals surface area contributed by atoms with Crippen LogP contribution in [0.15, 0.2) is 54.6 Å². The molecular weight excluding hydrogens is 208 g/mol. The van der Waals surface area contributed by atoms with Crippen LogP contribution in [0.2, 0.25) is 0 Å². The number of aromatic hydroxyl groups is 1. The first-order chi connectivity index (χ1) is 8.24. The molecule has 2 rings (SSSR count). The van der Waals surface area contributed by atoms with Crippen molar-refractivity contribution in [3.63, 3.8) is 0 Å². The first kappa shape index (κ1) is 11.5. The third-order valence-corrected chi connectivity index (χ3v) is 2.65. The van der Waals surface area contributed by atoms with Crippen LogP contribution in [0.3, 0.4) is 0 Å². The molecule has 0 saturated carbocycles. The van der Waals surface area contributed by atoms with Crippen molar-refractivity contribution in [3.05, 3.63) is 71.3 Å². The van der Waals surface area contributed by atoms with Gasteiger partial charge in [-0.25, -0.2) is 0 Å². The average Bonchev–Trinajstić information content (AvgIpc) is 2.32. The van der Waals surface area contributed by atoms with Crippen LogP contribution in [-0.2, 0) is 6.42 Å². The van der Waals surface area contributed by atoms with E-state index in [0.717, 1.165) is 12.0 Å². The summed E-state index contributed by atoms with van der Waals surface area (Å²) in [4.78, 5) is 0. The summed E-state index contributed by atoms with van der Waals surface area (Å²) < 4.78 is 0. The lowest BCUT2D eigenvalue weighted by Gasteiger charge is -1.98. The van der Waals surface area contributed by atoms with E-state index in [9.17, 15) is 5.11 Å². The fourth-order valence-corrected chi connectivity index (χ4v) is 1.68. The van der Waals surface area contributed by atoms with Crippen molar-refractivity contribution < 1.29 is 5.11 Å². The molecule has 0 aliphatic rings. The summed E-state index contributed by atoms with van der Waals surface area (Å²) in [5, 5.41) is 9.33. The van der Waals surface area contributed by atoms with Crippen LogP contribution in [0.25, 0.3) is 6.08 Å². The van der Waals surface area contributed by atoms with E-state index < -0.39 is 0 Å². The van der Waals surface area contributed by atoms with Gasteiger partial charge in [-0.2, -0.15) is 0 Å². The van der Waals surface area contributed by atoms with Gasteiger partial charge in [0.2, 0.25) is 0 Å². The van der Waals surface area contributed by atoms with Gasteiger partial charge >= 0.3 is 0 Å². The second-order valence-electron chi connectivity index (χ2n) is 4.19. The molecule has 0 aliphatic heterocycles. The van der Waals surface area contributed by atoms with E-state index in [0.29, 0.717) is 5.75 Å². The van der Waals surface area contributed by atoms with Gasteiger partial charge in [0, 0.05) is 0 Å². The first-order valence-corrected chi connectivity index (χ1v) is 5.75. The summed E-state index contributed by atoms with van der Waals surface area (Å²) in [5.74, 6) is 0.308.